The molecule has 0 spiro atoms. The Kier molecular flexibility index (Phi) is 7.83. The highest BCUT2D eigenvalue weighted by molar-refractivity contribution is 5.92. The quantitative estimate of drug-likeness (QED) is 0.509. The van der Waals surface area contributed by atoms with Crippen LogP contribution in [0.15, 0.2) is 67.1 Å². The highest BCUT2D eigenvalue weighted by Crippen LogP contribution is 2.24. The number of amides is 2. The van der Waals surface area contributed by atoms with Crippen LogP contribution < -0.4 is 5.32 Å². The predicted octanol–water partition coefficient (Wildman–Crippen LogP) is 4.71. The van der Waals surface area contributed by atoms with E-state index < -0.39 is 5.60 Å². The number of para-hydroxylation sites is 1. The number of hydrogen-bond acceptors (Lipinski definition) is 5. The zero-order chi connectivity index (χ0) is 25.5. The number of carbonyl (C=O) groups is 2. The van der Waals surface area contributed by atoms with Crippen molar-refractivity contribution in [2.75, 3.05) is 19.6 Å². The van der Waals surface area contributed by atoms with Gasteiger partial charge in [0.05, 0.1) is 5.69 Å². The molecule has 8 heteroatoms. The van der Waals surface area contributed by atoms with E-state index in [4.69, 9.17) is 9.84 Å². The molecule has 36 heavy (non-hydrogen) atoms. The average molecular weight is 488 g/mol. The first kappa shape index (κ1) is 25.2. The molecule has 3 aromatic rings. The van der Waals surface area contributed by atoms with Gasteiger partial charge in [-0.3, -0.25) is 9.78 Å². The minimum Gasteiger partial charge on any atom is -0.444 e. The smallest absolute Gasteiger partial charge is 0.410 e. The first-order valence-corrected chi connectivity index (χ1v) is 12.3. The number of rotatable bonds is 6. The van der Waals surface area contributed by atoms with E-state index in [0.717, 1.165) is 35.3 Å². The molecule has 1 aromatic carbocycles. The van der Waals surface area contributed by atoms with E-state index in [0.29, 0.717) is 19.6 Å². The van der Waals surface area contributed by atoms with Crippen LogP contribution in [0, 0.1) is 5.92 Å². The highest BCUT2D eigenvalue weighted by Gasteiger charge is 2.27. The number of aromatic nitrogens is 3. The fourth-order valence-corrected chi connectivity index (χ4v) is 4.14. The Balaban J connectivity index is 1.40. The Labute approximate surface area is 212 Å². The number of nitrogens with zero attached hydrogens (tertiary/aromatic N) is 4. The Hall–Kier alpha value is -3.94. The van der Waals surface area contributed by atoms with Crippen molar-refractivity contribution in [3.8, 4) is 16.9 Å². The van der Waals surface area contributed by atoms with E-state index in [1.165, 1.54) is 6.08 Å². The number of carbonyl (C=O) groups excluding carboxylic acids is 2. The van der Waals surface area contributed by atoms with Crippen molar-refractivity contribution in [2.24, 2.45) is 5.92 Å². The van der Waals surface area contributed by atoms with Gasteiger partial charge >= 0.3 is 6.09 Å². The van der Waals surface area contributed by atoms with Crippen molar-refractivity contribution in [1.29, 1.82) is 0 Å². The van der Waals surface area contributed by atoms with Crippen LogP contribution in [-0.2, 0) is 9.53 Å². The van der Waals surface area contributed by atoms with Crippen LogP contribution in [-0.4, -0.2) is 56.9 Å². The lowest BCUT2D eigenvalue weighted by Crippen LogP contribution is -2.45. The maximum atomic E-state index is 12.6. The number of benzene rings is 1. The predicted molar refractivity (Wildman–Crippen MR) is 139 cm³/mol. The standard InChI is InChI=1S/C28H33N5O3/c1-28(2,3)36-27(35)32-16-8-9-21(19-32)17-30-25(34)14-13-23-20-33(24-11-5-4-6-12-24)31-26(23)22-10-7-15-29-18-22/h4-7,10-15,18,20-21H,8-9,16-17,19H2,1-3H3,(H,30,34)/b14-13+. The molecule has 8 nitrogen and oxygen atoms in total. The summed E-state index contributed by atoms with van der Waals surface area (Å²) in [7, 11) is 0. The van der Waals surface area contributed by atoms with Gasteiger partial charge in [0.1, 0.15) is 11.3 Å². The molecule has 1 atom stereocenters. The number of pyridine rings is 1. The fraction of sp³-hybridized carbons (Fsp3) is 0.357. The third-order valence-corrected chi connectivity index (χ3v) is 5.85. The molecule has 4 rings (SSSR count). The summed E-state index contributed by atoms with van der Waals surface area (Å²) in [4.78, 5) is 31.0. The van der Waals surface area contributed by atoms with E-state index >= 15 is 0 Å². The number of hydrogen-bond donors (Lipinski definition) is 1. The van der Waals surface area contributed by atoms with Crippen molar-refractivity contribution in [3.63, 3.8) is 0 Å². The van der Waals surface area contributed by atoms with Crippen LogP contribution in [0.5, 0.6) is 0 Å². The third-order valence-electron chi connectivity index (χ3n) is 5.85. The van der Waals surface area contributed by atoms with Gasteiger partial charge in [-0.15, -0.1) is 0 Å². The number of likely N-dealkylation sites (tertiary alicyclic amines) is 1. The second-order valence-electron chi connectivity index (χ2n) is 9.97. The Morgan fingerprint density at radius 1 is 1.17 bits per heavy atom. The van der Waals surface area contributed by atoms with E-state index in [-0.39, 0.29) is 17.9 Å². The molecular weight excluding hydrogens is 454 g/mol. The van der Waals surface area contributed by atoms with E-state index in [1.54, 1.807) is 28.1 Å². The average Bonchev–Trinajstić information content (AvgIpc) is 3.31. The molecule has 2 aromatic heterocycles. The molecule has 0 radical (unpaired) electrons. The van der Waals surface area contributed by atoms with Gasteiger partial charge in [0.25, 0.3) is 0 Å². The summed E-state index contributed by atoms with van der Waals surface area (Å²) >= 11 is 0. The van der Waals surface area contributed by atoms with Crippen LogP contribution in [0.2, 0.25) is 0 Å². The molecule has 1 aliphatic rings. The van der Waals surface area contributed by atoms with E-state index in [2.05, 4.69) is 10.3 Å². The maximum Gasteiger partial charge on any atom is 0.410 e. The Morgan fingerprint density at radius 2 is 1.97 bits per heavy atom. The van der Waals surface area contributed by atoms with Gasteiger partial charge in [0.15, 0.2) is 0 Å². The van der Waals surface area contributed by atoms with Gasteiger partial charge in [0.2, 0.25) is 5.91 Å². The largest absolute Gasteiger partial charge is 0.444 e. The summed E-state index contributed by atoms with van der Waals surface area (Å²) in [6.07, 6.45) is 10.2. The summed E-state index contributed by atoms with van der Waals surface area (Å²) in [6.45, 7) is 7.35. The molecule has 1 fully saturated rings. The summed E-state index contributed by atoms with van der Waals surface area (Å²) in [5, 5.41) is 7.73. The van der Waals surface area contributed by atoms with Crippen molar-refractivity contribution in [2.45, 2.75) is 39.2 Å². The second-order valence-corrected chi connectivity index (χ2v) is 9.97. The third kappa shape index (κ3) is 6.81. The number of nitrogens with one attached hydrogen (secondary N) is 1. The number of piperidine rings is 1. The molecular formula is C28H33N5O3. The molecule has 3 heterocycles. The molecule has 0 aliphatic carbocycles. The van der Waals surface area contributed by atoms with Crippen LogP contribution in [0.1, 0.15) is 39.2 Å². The van der Waals surface area contributed by atoms with Crippen LogP contribution in [0.4, 0.5) is 4.79 Å². The lowest BCUT2D eigenvalue weighted by atomic mass is 9.98. The summed E-state index contributed by atoms with van der Waals surface area (Å²) in [5.41, 5.74) is 2.84. The molecule has 1 unspecified atom stereocenters. The lowest BCUT2D eigenvalue weighted by molar-refractivity contribution is -0.116. The minimum atomic E-state index is -0.522. The molecule has 1 aliphatic heterocycles. The summed E-state index contributed by atoms with van der Waals surface area (Å²) < 4.78 is 7.30. The maximum absolute atomic E-state index is 12.6. The van der Waals surface area contributed by atoms with Gasteiger partial charge in [-0.2, -0.15) is 5.10 Å². The fourth-order valence-electron chi connectivity index (χ4n) is 4.14. The van der Waals surface area contributed by atoms with Crippen LogP contribution >= 0.6 is 0 Å². The summed E-state index contributed by atoms with van der Waals surface area (Å²) in [5.74, 6) is 0.00407. The molecule has 0 saturated carbocycles. The Bertz CT molecular complexity index is 1200. The molecule has 188 valence electrons. The minimum absolute atomic E-state index is 0.186. The molecule has 0 bridgehead atoms. The molecule has 2 amide bonds. The topological polar surface area (TPSA) is 89.4 Å². The zero-order valence-corrected chi connectivity index (χ0v) is 21.1. The van der Waals surface area contributed by atoms with Gasteiger partial charge in [-0.05, 0) is 69.9 Å². The SMILES string of the molecule is CC(C)(C)OC(=O)N1CCCC(CNC(=O)/C=C/c2cn(-c3ccccc3)nc2-c2cccnc2)C1. The van der Waals surface area contributed by atoms with Crippen LogP contribution in [0.25, 0.3) is 23.0 Å². The van der Waals surface area contributed by atoms with E-state index in [1.807, 2.05) is 69.4 Å². The van der Waals surface area contributed by atoms with Crippen molar-refractivity contribution in [3.05, 3.63) is 72.7 Å². The van der Waals surface area contributed by atoms with Crippen molar-refractivity contribution < 1.29 is 14.3 Å². The normalized spacial score (nSPS) is 16.2. The first-order chi connectivity index (χ1) is 17.3. The second kappa shape index (κ2) is 11.2. The Morgan fingerprint density at radius 3 is 2.69 bits per heavy atom. The first-order valence-electron chi connectivity index (χ1n) is 12.3. The highest BCUT2D eigenvalue weighted by atomic mass is 16.6. The van der Waals surface area contributed by atoms with Crippen LogP contribution in [0.3, 0.4) is 0 Å². The van der Waals surface area contributed by atoms with Gasteiger partial charge in [0, 0.05) is 55.4 Å². The van der Waals surface area contributed by atoms with Gasteiger partial charge in [-0.25, -0.2) is 9.48 Å². The van der Waals surface area contributed by atoms with E-state index in [9.17, 15) is 9.59 Å². The number of ether oxygens (including phenoxy) is 1. The molecule has 1 saturated heterocycles. The molecule has 1 N–H and O–H groups in total. The van der Waals surface area contributed by atoms with Crippen molar-refractivity contribution in [1.82, 2.24) is 25.0 Å². The monoisotopic (exact) mass is 487 g/mol. The van der Waals surface area contributed by atoms with Crippen molar-refractivity contribution >= 4 is 18.1 Å². The lowest BCUT2D eigenvalue weighted by Gasteiger charge is -2.34. The summed E-state index contributed by atoms with van der Waals surface area (Å²) in [6, 6.07) is 13.6. The van der Waals surface area contributed by atoms with Gasteiger partial charge < -0.3 is 15.0 Å². The zero-order valence-electron chi connectivity index (χ0n) is 21.1. The van der Waals surface area contributed by atoms with Gasteiger partial charge in [-0.1, -0.05) is 18.2 Å².